The van der Waals surface area contributed by atoms with Crippen LogP contribution in [-0.4, -0.2) is 47.7 Å². The van der Waals surface area contributed by atoms with E-state index >= 15 is 0 Å². The van der Waals surface area contributed by atoms with E-state index in [0.717, 1.165) is 0 Å². The van der Waals surface area contributed by atoms with Gasteiger partial charge < -0.3 is 0 Å². The van der Waals surface area contributed by atoms with Crippen LogP contribution in [0.5, 0.6) is 0 Å². The summed E-state index contributed by atoms with van der Waals surface area (Å²) in [5.41, 5.74) is 0.348. The number of piperazine rings is 1. The minimum Gasteiger partial charge on any atom is -0.299 e. The molecule has 1 heterocycles. The van der Waals surface area contributed by atoms with Gasteiger partial charge in [-0.15, -0.1) is 0 Å². The third-order valence-electron chi connectivity index (χ3n) is 2.54. The van der Waals surface area contributed by atoms with Gasteiger partial charge in [0.15, 0.2) is 0 Å². The van der Waals surface area contributed by atoms with Crippen LogP contribution in [0.3, 0.4) is 0 Å². The van der Waals surface area contributed by atoms with E-state index in [9.17, 15) is 0 Å². The first-order valence-electron chi connectivity index (χ1n) is 4.06. The number of hydrogen-bond donors (Lipinski definition) is 0. The van der Waals surface area contributed by atoms with Crippen molar-refractivity contribution in [1.82, 2.24) is 9.21 Å². The monoisotopic (exact) mass is 174 g/mol. The van der Waals surface area contributed by atoms with Crippen molar-refractivity contribution in [2.75, 3.05) is 32.9 Å². The van der Waals surface area contributed by atoms with Crippen LogP contribution in [0.4, 0.5) is 0 Å². The van der Waals surface area contributed by atoms with Crippen molar-refractivity contribution in [2.45, 2.75) is 19.4 Å². The van der Waals surface area contributed by atoms with E-state index in [0.29, 0.717) is 5.54 Å². The lowest BCUT2D eigenvalue weighted by molar-refractivity contribution is 0.0854. The second-order valence-corrected chi connectivity index (χ2v) is 4.66. The SMILES string of the molecule is CSN1CCN(C)C(C)(C)C1. The molecule has 0 bridgehead atoms. The highest BCUT2D eigenvalue weighted by Crippen LogP contribution is 2.22. The second-order valence-electron chi connectivity index (χ2n) is 3.78. The maximum atomic E-state index is 2.43. The van der Waals surface area contributed by atoms with Gasteiger partial charge in [-0.25, -0.2) is 4.31 Å². The number of likely N-dealkylation sites (N-methyl/N-ethyl adjacent to an activating group) is 1. The Bertz CT molecular complexity index is 136. The summed E-state index contributed by atoms with van der Waals surface area (Å²) in [7, 11) is 2.21. The molecule has 0 aromatic heterocycles. The van der Waals surface area contributed by atoms with Crippen LogP contribution < -0.4 is 0 Å². The first kappa shape index (κ1) is 9.36. The van der Waals surface area contributed by atoms with Gasteiger partial charge >= 0.3 is 0 Å². The molecular formula is C8H18N2S. The fourth-order valence-electron chi connectivity index (χ4n) is 1.35. The van der Waals surface area contributed by atoms with Gasteiger partial charge in [0.1, 0.15) is 0 Å². The van der Waals surface area contributed by atoms with Crippen LogP contribution in [-0.2, 0) is 0 Å². The lowest BCUT2D eigenvalue weighted by atomic mass is 10.0. The van der Waals surface area contributed by atoms with Gasteiger partial charge in [0.25, 0.3) is 0 Å². The maximum Gasteiger partial charge on any atom is 0.0287 e. The fraction of sp³-hybridized carbons (Fsp3) is 1.00. The molecule has 0 amide bonds. The number of hydrogen-bond acceptors (Lipinski definition) is 3. The summed E-state index contributed by atoms with van der Waals surface area (Å²) < 4.78 is 2.43. The molecule has 0 radical (unpaired) electrons. The van der Waals surface area contributed by atoms with Crippen molar-refractivity contribution in [3.8, 4) is 0 Å². The first-order valence-corrected chi connectivity index (χ1v) is 5.25. The van der Waals surface area contributed by atoms with Crippen molar-refractivity contribution in [2.24, 2.45) is 0 Å². The highest BCUT2D eigenvalue weighted by molar-refractivity contribution is 7.96. The summed E-state index contributed by atoms with van der Waals surface area (Å²) in [5, 5.41) is 0. The summed E-state index contributed by atoms with van der Waals surface area (Å²) in [6, 6.07) is 0. The fourth-order valence-corrected chi connectivity index (χ4v) is 2.06. The topological polar surface area (TPSA) is 6.48 Å². The summed E-state index contributed by atoms with van der Waals surface area (Å²) in [5.74, 6) is 0. The molecule has 0 saturated carbocycles. The molecule has 3 heteroatoms. The van der Waals surface area contributed by atoms with Crippen molar-refractivity contribution < 1.29 is 0 Å². The van der Waals surface area contributed by atoms with Crippen molar-refractivity contribution in [1.29, 1.82) is 0 Å². The zero-order valence-corrected chi connectivity index (χ0v) is 8.74. The van der Waals surface area contributed by atoms with Crippen LogP contribution >= 0.6 is 11.9 Å². The quantitative estimate of drug-likeness (QED) is 0.553. The molecule has 11 heavy (non-hydrogen) atoms. The Morgan fingerprint density at radius 3 is 2.36 bits per heavy atom. The highest BCUT2D eigenvalue weighted by Gasteiger charge is 2.30. The van der Waals surface area contributed by atoms with E-state index in [1.807, 2.05) is 11.9 Å². The molecule has 1 fully saturated rings. The van der Waals surface area contributed by atoms with Crippen molar-refractivity contribution >= 4 is 11.9 Å². The molecule has 0 atom stereocenters. The molecule has 0 aliphatic carbocycles. The lowest BCUT2D eigenvalue weighted by Crippen LogP contribution is -2.55. The zero-order chi connectivity index (χ0) is 8.48. The standard InChI is InChI=1S/C8H18N2S/c1-8(2)7-10(11-4)6-5-9(8)3/h5-7H2,1-4H3. The summed E-state index contributed by atoms with van der Waals surface area (Å²) in [6.07, 6.45) is 2.15. The molecule has 1 aliphatic heterocycles. The molecular weight excluding hydrogens is 156 g/mol. The van der Waals surface area contributed by atoms with Gasteiger partial charge in [0.05, 0.1) is 0 Å². The van der Waals surface area contributed by atoms with Gasteiger partial charge in [-0.05, 0) is 27.2 Å². The Hall–Kier alpha value is 0.270. The van der Waals surface area contributed by atoms with Crippen molar-refractivity contribution in [3.63, 3.8) is 0 Å². The van der Waals surface area contributed by atoms with Crippen molar-refractivity contribution in [3.05, 3.63) is 0 Å². The Morgan fingerprint density at radius 1 is 1.27 bits per heavy atom. The predicted molar refractivity (Wildman–Crippen MR) is 51.8 cm³/mol. The lowest BCUT2D eigenvalue weighted by Gasteiger charge is -2.44. The zero-order valence-electron chi connectivity index (χ0n) is 7.92. The first-order chi connectivity index (χ1) is 5.06. The molecule has 0 aromatic rings. The molecule has 1 aliphatic rings. The van der Waals surface area contributed by atoms with Gasteiger partial charge in [0.2, 0.25) is 0 Å². The smallest absolute Gasteiger partial charge is 0.0287 e. The van der Waals surface area contributed by atoms with E-state index < -0.39 is 0 Å². The number of rotatable bonds is 1. The van der Waals surface area contributed by atoms with E-state index in [1.165, 1.54) is 19.6 Å². The maximum absolute atomic E-state index is 2.43. The van der Waals surface area contributed by atoms with Crippen LogP contribution in [0.1, 0.15) is 13.8 Å². The van der Waals surface area contributed by atoms with E-state index in [4.69, 9.17) is 0 Å². The van der Waals surface area contributed by atoms with Gasteiger partial charge in [-0.3, -0.25) is 4.90 Å². The molecule has 66 valence electrons. The molecule has 0 unspecified atom stereocenters. The molecule has 0 spiro atoms. The van der Waals surface area contributed by atoms with E-state index in [1.54, 1.807) is 0 Å². The Morgan fingerprint density at radius 2 is 1.91 bits per heavy atom. The van der Waals surface area contributed by atoms with Gasteiger partial charge in [-0.1, -0.05) is 11.9 Å². The minimum atomic E-state index is 0.348. The summed E-state index contributed by atoms with van der Waals surface area (Å²) >= 11 is 1.86. The number of nitrogens with zero attached hydrogens (tertiary/aromatic N) is 2. The Labute approximate surface area is 74.1 Å². The molecule has 0 N–H and O–H groups in total. The van der Waals surface area contributed by atoms with Crippen LogP contribution in [0.25, 0.3) is 0 Å². The Kier molecular flexibility index (Phi) is 2.84. The summed E-state index contributed by atoms with van der Waals surface area (Å²) in [6.45, 7) is 8.16. The van der Waals surface area contributed by atoms with Crippen LogP contribution in [0, 0.1) is 0 Å². The molecule has 0 aromatic carbocycles. The average Bonchev–Trinajstić information content (AvgIpc) is 1.95. The highest BCUT2D eigenvalue weighted by atomic mass is 32.2. The predicted octanol–water partition coefficient (Wildman–Crippen LogP) is 1.29. The summed E-state index contributed by atoms with van der Waals surface area (Å²) in [4.78, 5) is 2.43. The van der Waals surface area contributed by atoms with Gasteiger partial charge in [0, 0.05) is 25.2 Å². The van der Waals surface area contributed by atoms with Crippen LogP contribution in [0.2, 0.25) is 0 Å². The minimum absolute atomic E-state index is 0.348. The van der Waals surface area contributed by atoms with E-state index in [-0.39, 0.29) is 0 Å². The Balaban J connectivity index is 2.52. The molecule has 1 rings (SSSR count). The second kappa shape index (κ2) is 3.33. The largest absolute Gasteiger partial charge is 0.299 e. The molecule has 1 saturated heterocycles. The normalized spacial score (nSPS) is 27.3. The van der Waals surface area contributed by atoms with Crippen LogP contribution in [0.15, 0.2) is 0 Å². The third kappa shape index (κ3) is 2.10. The van der Waals surface area contributed by atoms with E-state index in [2.05, 4.69) is 36.4 Å². The average molecular weight is 174 g/mol. The molecule has 2 nitrogen and oxygen atoms in total. The third-order valence-corrected chi connectivity index (χ3v) is 3.37. The van der Waals surface area contributed by atoms with Gasteiger partial charge in [-0.2, -0.15) is 0 Å².